The van der Waals surface area contributed by atoms with E-state index in [1.807, 2.05) is 0 Å². The molecule has 2 N–H and O–H groups in total. The molecule has 0 unspecified atom stereocenters. The minimum absolute atomic E-state index is 0.0883. The van der Waals surface area contributed by atoms with E-state index in [4.69, 9.17) is 0 Å². The largest absolute Gasteiger partial charge is 0.392 e. The molecule has 20 heavy (non-hydrogen) atoms. The fourth-order valence-electron chi connectivity index (χ4n) is 1.78. The van der Waals surface area contributed by atoms with Gasteiger partial charge in [0.2, 0.25) is 0 Å². The van der Waals surface area contributed by atoms with Crippen molar-refractivity contribution in [3.05, 3.63) is 40.1 Å². The maximum Gasteiger partial charge on any atom is 0.263 e. The Morgan fingerprint density at radius 1 is 1.45 bits per heavy atom. The van der Waals surface area contributed by atoms with Crippen molar-refractivity contribution in [1.82, 2.24) is 9.78 Å². The van der Waals surface area contributed by atoms with Crippen molar-refractivity contribution >= 4 is 31.6 Å². The number of aliphatic hydroxyl groups is 1. The third kappa shape index (κ3) is 3.02. The Balaban J connectivity index is 2.46. The van der Waals surface area contributed by atoms with Crippen LogP contribution in [0.4, 0.5) is 5.69 Å². The number of sulfonamides is 1. The fraction of sp³-hybridized carbons (Fsp3) is 0.250. The van der Waals surface area contributed by atoms with Crippen molar-refractivity contribution < 1.29 is 13.5 Å². The summed E-state index contributed by atoms with van der Waals surface area (Å²) in [5.41, 5.74) is 1.66. The van der Waals surface area contributed by atoms with Crippen molar-refractivity contribution in [3.63, 3.8) is 0 Å². The quantitative estimate of drug-likeness (QED) is 0.871. The zero-order chi connectivity index (χ0) is 14.9. The summed E-state index contributed by atoms with van der Waals surface area (Å²) in [6.45, 7) is 1.55. The number of anilines is 1. The fourth-order valence-corrected chi connectivity index (χ4v) is 3.88. The van der Waals surface area contributed by atoms with E-state index in [1.54, 1.807) is 26.2 Å². The number of hydrogen-bond acceptors (Lipinski definition) is 4. The molecule has 0 aliphatic carbocycles. The maximum absolute atomic E-state index is 12.4. The van der Waals surface area contributed by atoms with Gasteiger partial charge in [0, 0.05) is 17.7 Å². The molecule has 108 valence electrons. The Labute approximate surface area is 125 Å². The minimum Gasteiger partial charge on any atom is -0.392 e. The molecular formula is C12H14BrN3O3S. The van der Waals surface area contributed by atoms with Gasteiger partial charge in [-0.1, -0.05) is 6.07 Å². The number of hydrogen-bond donors (Lipinski definition) is 2. The van der Waals surface area contributed by atoms with Crippen LogP contribution in [0.25, 0.3) is 0 Å². The summed E-state index contributed by atoms with van der Waals surface area (Å²) in [6.07, 6.45) is 2.99. The van der Waals surface area contributed by atoms with Crippen LogP contribution in [0.1, 0.15) is 11.1 Å². The number of aryl methyl sites for hydroxylation is 2. The number of aliphatic hydroxyl groups excluding tert-OH is 1. The Bertz CT molecular complexity index is 740. The Morgan fingerprint density at radius 3 is 2.70 bits per heavy atom. The highest BCUT2D eigenvalue weighted by atomic mass is 79.9. The molecule has 0 aliphatic heterocycles. The molecule has 0 radical (unpaired) electrons. The summed E-state index contributed by atoms with van der Waals surface area (Å²) in [4.78, 5) is 0.0883. The first-order valence-corrected chi connectivity index (χ1v) is 8.02. The number of nitrogens with zero attached hydrogens (tertiary/aromatic N) is 2. The average Bonchev–Trinajstić information content (AvgIpc) is 2.76. The van der Waals surface area contributed by atoms with Gasteiger partial charge in [-0.05, 0) is 40.0 Å². The third-order valence-corrected chi connectivity index (χ3v) is 5.43. The molecule has 0 spiro atoms. The first-order chi connectivity index (χ1) is 9.33. The summed E-state index contributed by atoms with van der Waals surface area (Å²) in [5, 5.41) is 13.1. The van der Waals surface area contributed by atoms with Gasteiger partial charge >= 0.3 is 0 Å². The summed E-state index contributed by atoms with van der Waals surface area (Å²) >= 11 is 3.28. The zero-order valence-corrected chi connectivity index (χ0v) is 13.4. The lowest BCUT2D eigenvalue weighted by atomic mass is 10.1. The molecule has 1 aromatic heterocycles. The Morgan fingerprint density at radius 2 is 2.15 bits per heavy atom. The molecule has 1 heterocycles. The van der Waals surface area contributed by atoms with Crippen LogP contribution < -0.4 is 4.72 Å². The highest BCUT2D eigenvalue weighted by Crippen LogP contribution is 2.28. The van der Waals surface area contributed by atoms with Crippen LogP contribution in [0.15, 0.2) is 33.9 Å². The number of nitrogens with one attached hydrogen (secondary N) is 1. The van der Waals surface area contributed by atoms with Crippen LogP contribution in [-0.4, -0.2) is 23.3 Å². The van der Waals surface area contributed by atoms with Crippen LogP contribution in [-0.2, 0) is 23.7 Å². The summed E-state index contributed by atoms with van der Waals surface area (Å²) < 4.78 is 29.2. The molecule has 2 rings (SSSR count). The van der Waals surface area contributed by atoms with Crippen molar-refractivity contribution in [1.29, 1.82) is 0 Å². The molecule has 0 amide bonds. The van der Waals surface area contributed by atoms with Gasteiger partial charge in [-0.15, -0.1) is 0 Å². The molecule has 8 heteroatoms. The van der Waals surface area contributed by atoms with Crippen molar-refractivity contribution in [2.24, 2.45) is 7.05 Å². The number of rotatable bonds is 4. The molecule has 0 bridgehead atoms. The second kappa shape index (κ2) is 5.55. The number of halogens is 1. The standard InChI is InChI=1S/C12H14BrN3O3S/c1-8-3-9(7-17)4-11(12(8)13)20(18,19)15-10-5-14-16(2)6-10/h3-6,15,17H,7H2,1-2H3. The molecule has 0 fully saturated rings. The monoisotopic (exact) mass is 359 g/mol. The normalized spacial score (nSPS) is 11.6. The molecule has 0 aliphatic rings. The third-order valence-electron chi connectivity index (χ3n) is 2.71. The van der Waals surface area contributed by atoms with Crippen LogP contribution >= 0.6 is 15.9 Å². The lowest BCUT2D eigenvalue weighted by Crippen LogP contribution is -2.14. The van der Waals surface area contributed by atoms with Crippen molar-refractivity contribution in [2.45, 2.75) is 18.4 Å². The van der Waals surface area contributed by atoms with Gasteiger partial charge < -0.3 is 5.11 Å². The first-order valence-electron chi connectivity index (χ1n) is 5.75. The van der Waals surface area contributed by atoms with Crippen LogP contribution in [0.3, 0.4) is 0 Å². The lowest BCUT2D eigenvalue weighted by Gasteiger charge is -2.11. The lowest BCUT2D eigenvalue weighted by molar-refractivity contribution is 0.281. The predicted molar refractivity (Wildman–Crippen MR) is 78.8 cm³/mol. The predicted octanol–water partition coefficient (Wildman–Crippen LogP) is 1.78. The van der Waals surface area contributed by atoms with Crippen molar-refractivity contribution in [3.8, 4) is 0 Å². The van der Waals surface area contributed by atoms with Crippen molar-refractivity contribution in [2.75, 3.05) is 4.72 Å². The summed E-state index contributed by atoms with van der Waals surface area (Å²) in [6, 6.07) is 3.17. The van der Waals surface area contributed by atoms with Gasteiger partial charge in [-0.2, -0.15) is 5.10 Å². The molecule has 1 aromatic carbocycles. The van der Waals surface area contributed by atoms with Gasteiger partial charge in [-0.3, -0.25) is 9.40 Å². The van der Waals surface area contributed by atoms with E-state index in [0.717, 1.165) is 5.56 Å². The number of benzene rings is 1. The second-order valence-electron chi connectivity index (χ2n) is 4.39. The molecular weight excluding hydrogens is 346 g/mol. The molecule has 6 nitrogen and oxygen atoms in total. The van der Waals surface area contributed by atoms with Gasteiger partial charge in [0.1, 0.15) is 4.90 Å². The summed E-state index contributed by atoms with van der Waals surface area (Å²) in [7, 11) is -2.05. The zero-order valence-electron chi connectivity index (χ0n) is 11.0. The van der Waals surface area contributed by atoms with Gasteiger partial charge in [0.05, 0.1) is 18.5 Å². The van der Waals surface area contributed by atoms with Crippen LogP contribution in [0.5, 0.6) is 0 Å². The Hall–Kier alpha value is -1.38. The van der Waals surface area contributed by atoms with Gasteiger partial charge in [0.15, 0.2) is 0 Å². The SMILES string of the molecule is Cc1cc(CO)cc(S(=O)(=O)Nc2cnn(C)c2)c1Br. The Kier molecular flexibility index (Phi) is 4.17. The molecule has 0 atom stereocenters. The summed E-state index contributed by atoms with van der Waals surface area (Å²) in [5.74, 6) is 0. The van der Waals surface area contributed by atoms with Gasteiger partial charge in [-0.25, -0.2) is 8.42 Å². The van der Waals surface area contributed by atoms with E-state index in [0.29, 0.717) is 15.7 Å². The van der Waals surface area contributed by atoms with Gasteiger partial charge in [0.25, 0.3) is 10.0 Å². The van der Waals surface area contributed by atoms with E-state index >= 15 is 0 Å². The maximum atomic E-state index is 12.4. The highest BCUT2D eigenvalue weighted by Gasteiger charge is 2.20. The topological polar surface area (TPSA) is 84.2 Å². The van der Waals surface area contributed by atoms with E-state index in [1.165, 1.54) is 16.9 Å². The number of aromatic nitrogens is 2. The second-order valence-corrected chi connectivity index (χ2v) is 6.83. The minimum atomic E-state index is -3.75. The highest BCUT2D eigenvalue weighted by molar-refractivity contribution is 9.10. The molecule has 0 saturated carbocycles. The molecule has 0 saturated heterocycles. The smallest absolute Gasteiger partial charge is 0.263 e. The first kappa shape index (κ1) is 15.0. The molecule has 2 aromatic rings. The van der Waals surface area contributed by atoms with E-state index in [-0.39, 0.29) is 11.5 Å². The van der Waals surface area contributed by atoms with Crippen LogP contribution in [0.2, 0.25) is 0 Å². The average molecular weight is 360 g/mol. The van der Waals surface area contributed by atoms with Crippen LogP contribution in [0, 0.1) is 6.92 Å². The van der Waals surface area contributed by atoms with E-state index in [2.05, 4.69) is 25.8 Å². The van der Waals surface area contributed by atoms with E-state index < -0.39 is 10.0 Å². The van der Waals surface area contributed by atoms with E-state index in [9.17, 15) is 13.5 Å².